The zero-order chi connectivity index (χ0) is 25.7. The van der Waals surface area contributed by atoms with E-state index in [2.05, 4.69) is 100 Å². The van der Waals surface area contributed by atoms with Crippen LogP contribution in [0.4, 0.5) is 0 Å². The summed E-state index contributed by atoms with van der Waals surface area (Å²) in [6, 6.07) is 28.2. The van der Waals surface area contributed by atoms with Crippen molar-refractivity contribution in [2.75, 3.05) is 12.5 Å². The lowest BCUT2D eigenvalue weighted by atomic mass is 9.83. The molecule has 5 aromatic rings. The summed E-state index contributed by atoms with van der Waals surface area (Å²) in [4.78, 5) is 0. The fourth-order valence-corrected chi connectivity index (χ4v) is 9.17. The molecule has 0 unspecified atom stereocenters. The van der Waals surface area contributed by atoms with Crippen LogP contribution in [0.15, 0.2) is 78.9 Å². The summed E-state index contributed by atoms with van der Waals surface area (Å²) in [7, 11) is -2.65. The quantitative estimate of drug-likeness (QED) is 0.176. The minimum atomic E-state index is -2.65. The number of hydrogen-bond acceptors (Lipinski definition) is 2. The Morgan fingerprint density at radius 2 is 1.30 bits per heavy atom. The largest absolute Gasteiger partial charge is 0.485 e. The van der Waals surface area contributed by atoms with Crippen LogP contribution in [0.3, 0.4) is 0 Å². The highest BCUT2D eigenvalue weighted by Gasteiger charge is 2.38. The summed E-state index contributed by atoms with van der Waals surface area (Å²) in [5.74, 6) is 0.791. The van der Waals surface area contributed by atoms with Gasteiger partial charge in [0.25, 0.3) is 0 Å². The van der Waals surface area contributed by atoms with E-state index in [9.17, 15) is 4.57 Å². The van der Waals surface area contributed by atoms with Gasteiger partial charge in [-0.3, -0.25) is 0 Å². The number of rotatable bonds is 5. The van der Waals surface area contributed by atoms with Crippen LogP contribution in [-0.2, 0) is 4.57 Å². The second-order valence-corrected chi connectivity index (χ2v) is 13.4. The summed E-state index contributed by atoms with van der Waals surface area (Å²) in [6.45, 7) is 8.76. The van der Waals surface area contributed by atoms with Crippen LogP contribution in [-0.4, -0.2) is 12.5 Å². The number of ether oxygens (including phenoxy) is 1. The van der Waals surface area contributed by atoms with Gasteiger partial charge in [-0.2, -0.15) is 0 Å². The van der Waals surface area contributed by atoms with Crippen molar-refractivity contribution < 1.29 is 9.30 Å². The molecule has 0 bridgehead atoms. The van der Waals surface area contributed by atoms with Crippen molar-refractivity contribution in [1.82, 2.24) is 0 Å². The third-order valence-electron chi connectivity index (χ3n) is 7.84. The van der Waals surface area contributed by atoms with Crippen molar-refractivity contribution in [2.45, 2.75) is 40.5 Å². The van der Waals surface area contributed by atoms with Crippen molar-refractivity contribution in [1.29, 1.82) is 0 Å². The van der Waals surface area contributed by atoms with E-state index in [0.29, 0.717) is 12.5 Å². The molecule has 1 aliphatic heterocycles. The molecular weight excluding hydrogens is 471 g/mol. The summed E-state index contributed by atoms with van der Waals surface area (Å²) >= 11 is 0. The third-order valence-corrected chi connectivity index (χ3v) is 10.7. The van der Waals surface area contributed by atoms with Gasteiger partial charge in [0.15, 0.2) is 7.14 Å². The first-order valence-corrected chi connectivity index (χ1v) is 15.4. The summed E-state index contributed by atoms with van der Waals surface area (Å²) in [5, 5.41) is 5.78. The van der Waals surface area contributed by atoms with Crippen LogP contribution >= 0.6 is 7.14 Å². The molecule has 2 nitrogen and oxygen atoms in total. The fraction of sp³-hybridized carbons (Fsp3) is 0.235. The van der Waals surface area contributed by atoms with Crippen LogP contribution in [0.5, 0.6) is 5.75 Å². The fourth-order valence-electron chi connectivity index (χ4n) is 6.35. The minimum Gasteiger partial charge on any atom is -0.485 e. The number of unbranched alkanes of at least 4 members (excludes halogenated alkanes) is 1. The molecule has 186 valence electrons. The SMILES string of the molecule is CCCC[P@@]1(=O)COc2cccc(-c3c4ccccc4c(-c4c(C)cc(C)cc4C)c4ccccc34)c21. The first-order chi connectivity index (χ1) is 17.9. The molecule has 37 heavy (non-hydrogen) atoms. The third kappa shape index (κ3) is 3.82. The highest BCUT2D eigenvalue weighted by atomic mass is 31.2. The molecule has 6 rings (SSSR count). The number of benzene rings is 5. The molecule has 0 N–H and O–H groups in total. The van der Waals surface area contributed by atoms with E-state index < -0.39 is 7.14 Å². The molecule has 0 amide bonds. The molecule has 1 atom stereocenters. The molecule has 1 heterocycles. The van der Waals surface area contributed by atoms with Gasteiger partial charge in [0.2, 0.25) is 0 Å². The number of aryl methyl sites for hydroxylation is 3. The van der Waals surface area contributed by atoms with Crippen molar-refractivity contribution in [2.24, 2.45) is 0 Å². The number of hydrogen-bond donors (Lipinski definition) is 0. The zero-order valence-electron chi connectivity index (χ0n) is 22.1. The van der Waals surface area contributed by atoms with E-state index in [0.717, 1.165) is 35.0 Å². The van der Waals surface area contributed by atoms with E-state index in [1.165, 1.54) is 49.4 Å². The predicted octanol–water partition coefficient (Wildman–Crippen LogP) is 9.39. The van der Waals surface area contributed by atoms with Crippen molar-refractivity contribution in [3.63, 3.8) is 0 Å². The normalized spacial score (nSPS) is 16.8. The van der Waals surface area contributed by atoms with Gasteiger partial charge in [0.1, 0.15) is 12.1 Å². The Hall–Kier alpha value is -3.35. The molecule has 0 aromatic heterocycles. The maximum absolute atomic E-state index is 14.3. The molecule has 0 fully saturated rings. The van der Waals surface area contributed by atoms with Gasteiger partial charge in [0.05, 0.1) is 5.30 Å². The lowest BCUT2D eigenvalue weighted by Crippen LogP contribution is -2.09. The van der Waals surface area contributed by atoms with Gasteiger partial charge in [-0.25, -0.2) is 0 Å². The number of fused-ring (bicyclic) bond motifs is 3. The lowest BCUT2D eigenvalue weighted by molar-refractivity contribution is 0.393. The molecule has 0 spiro atoms. The van der Waals surface area contributed by atoms with Crippen LogP contribution in [0.2, 0.25) is 0 Å². The minimum absolute atomic E-state index is 0.315. The molecule has 0 aliphatic carbocycles. The van der Waals surface area contributed by atoms with Gasteiger partial charge >= 0.3 is 0 Å². The van der Waals surface area contributed by atoms with Gasteiger partial charge in [-0.05, 0) is 88.2 Å². The molecule has 5 aromatic carbocycles. The molecular formula is C34H33O2P. The van der Waals surface area contributed by atoms with Gasteiger partial charge in [-0.15, -0.1) is 0 Å². The van der Waals surface area contributed by atoms with E-state index in [1.807, 2.05) is 6.07 Å². The van der Waals surface area contributed by atoms with E-state index in [4.69, 9.17) is 4.74 Å². The lowest BCUT2D eigenvalue weighted by Gasteiger charge is -2.22. The molecule has 0 radical (unpaired) electrons. The maximum Gasteiger partial charge on any atom is 0.155 e. The van der Waals surface area contributed by atoms with E-state index >= 15 is 0 Å². The topological polar surface area (TPSA) is 26.3 Å². The average Bonchev–Trinajstić information content (AvgIpc) is 3.24. The second-order valence-electron chi connectivity index (χ2n) is 10.5. The van der Waals surface area contributed by atoms with Crippen LogP contribution < -0.4 is 10.0 Å². The Labute approximate surface area is 219 Å². The average molecular weight is 505 g/mol. The first-order valence-electron chi connectivity index (χ1n) is 13.3. The first kappa shape index (κ1) is 24.0. The molecule has 0 saturated carbocycles. The molecule has 3 heteroatoms. The Balaban J connectivity index is 1.76. The molecule has 1 aliphatic rings. The van der Waals surface area contributed by atoms with Crippen LogP contribution in [0.1, 0.15) is 36.5 Å². The van der Waals surface area contributed by atoms with E-state index in [1.54, 1.807) is 0 Å². The second kappa shape index (κ2) is 9.19. The van der Waals surface area contributed by atoms with Crippen molar-refractivity contribution in [3.8, 4) is 28.0 Å². The Morgan fingerprint density at radius 3 is 1.86 bits per heavy atom. The summed E-state index contributed by atoms with van der Waals surface area (Å²) in [5.41, 5.74) is 8.67. The maximum atomic E-state index is 14.3. The van der Waals surface area contributed by atoms with Gasteiger partial charge in [0, 0.05) is 6.16 Å². The Kier molecular flexibility index (Phi) is 5.97. The van der Waals surface area contributed by atoms with Crippen molar-refractivity contribution in [3.05, 3.63) is 95.6 Å². The highest BCUT2D eigenvalue weighted by molar-refractivity contribution is 7.72. The van der Waals surface area contributed by atoms with E-state index in [-0.39, 0.29) is 0 Å². The van der Waals surface area contributed by atoms with Crippen molar-refractivity contribution >= 4 is 34.0 Å². The summed E-state index contributed by atoms with van der Waals surface area (Å²) in [6.07, 6.45) is 2.98. The Bertz CT molecular complexity index is 1650. The monoisotopic (exact) mass is 504 g/mol. The van der Waals surface area contributed by atoms with Crippen LogP contribution in [0, 0.1) is 20.8 Å². The molecule has 0 saturated heterocycles. The van der Waals surface area contributed by atoms with Gasteiger partial charge < -0.3 is 9.30 Å². The standard InChI is InChI=1S/C34H33O2P/c1-5-6-18-37(35)21-36-30-17-11-16-29(34(30)37)32-25-12-7-9-14-27(25)33(28-15-10-8-13-26(28)32)31-23(3)19-22(2)20-24(31)4/h7-17,19-20H,5-6,18,21H2,1-4H3/t37-/m1/s1. The highest BCUT2D eigenvalue weighted by Crippen LogP contribution is 2.56. The van der Waals surface area contributed by atoms with Crippen LogP contribution in [0.25, 0.3) is 43.8 Å². The Morgan fingerprint density at radius 1 is 0.730 bits per heavy atom. The van der Waals surface area contributed by atoms with Gasteiger partial charge in [-0.1, -0.05) is 91.7 Å². The zero-order valence-corrected chi connectivity index (χ0v) is 23.0. The predicted molar refractivity (Wildman–Crippen MR) is 159 cm³/mol. The summed E-state index contributed by atoms with van der Waals surface area (Å²) < 4.78 is 20.4. The smallest absolute Gasteiger partial charge is 0.155 e.